The Morgan fingerprint density at radius 2 is 1.96 bits per heavy atom. The Balaban J connectivity index is 2.02. The smallest absolute Gasteiger partial charge is 0.335 e. The van der Waals surface area contributed by atoms with Crippen molar-refractivity contribution >= 4 is 29.5 Å². The van der Waals surface area contributed by atoms with E-state index in [2.05, 4.69) is 0 Å². The number of thioether (sulfide) groups is 1. The van der Waals surface area contributed by atoms with Gasteiger partial charge >= 0.3 is 5.97 Å². The maximum Gasteiger partial charge on any atom is 0.335 e. The van der Waals surface area contributed by atoms with Crippen LogP contribution in [0.2, 0.25) is 0 Å². The zero-order valence-electron chi connectivity index (χ0n) is 13.2. The molecule has 0 saturated carbocycles. The van der Waals surface area contributed by atoms with Crippen molar-refractivity contribution in [2.75, 3.05) is 18.7 Å². The normalized spacial score (nSPS) is 17.1. The third kappa shape index (κ3) is 4.04. The average Bonchev–Trinajstić information content (AvgIpc) is 3.03. The molecule has 2 amide bonds. The van der Waals surface area contributed by atoms with Crippen molar-refractivity contribution in [3.63, 3.8) is 0 Å². The molecule has 0 spiro atoms. The van der Waals surface area contributed by atoms with Crippen LogP contribution in [0.25, 0.3) is 0 Å². The molecule has 0 aromatic heterocycles. The molecule has 1 fully saturated rings. The van der Waals surface area contributed by atoms with Crippen molar-refractivity contribution in [2.24, 2.45) is 0 Å². The summed E-state index contributed by atoms with van der Waals surface area (Å²) in [5.41, 5.74) is 1.07. The lowest BCUT2D eigenvalue weighted by Crippen LogP contribution is -2.47. The van der Waals surface area contributed by atoms with E-state index in [0.717, 1.165) is 5.56 Å². The van der Waals surface area contributed by atoms with Gasteiger partial charge in [-0.15, -0.1) is 11.8 Å². The highest BCUT2D eigenvalue weighted by molar-refractivity contribution is 7.99. The standard InChI is InChI=1S/C16H20N2O4S/c1-3-14(19)18-10-23-9-13(18)15(20)17(2)8-11-4-6-12(7-5-11)16(21)22/h4-7,13H,3,8-10H2,1-2H3,(H,21,22). The quantitative estimate of drug-likeness (QED) is 0.885. The zero-order valence-corrected chi connectivity index (χ0v) is 14.0. The number of nitrogens with zero attached hydrogens (tertiary/aromatic N) is 2. The molecule has 1 heterocycles. The number of carbonyl (C=O) groups is 3. The molecule has 124 valence electrons. The van der Waals surface area contributed by atoms with Crippen molar-refractivity contribution in [3.8, 4) is 0 Å². The molecule has 1 unspecified atom stereocenters. The number of hydrogen-bond acceptors (Lipinski definition) is 4. The van der Waals surface area contributed by atoms with Gasteiger partial charge in [0.05, 0.1) is 11.4 Å². The SMILES string of the molecule is CCC(=O)N1CSCC1C(=O)N(C)Cc1ccc(C(=O)O)cc1. The van der Waals surface area contributed by atoms with Crippen molar-refractivity contribution in [3.05, 3.63) is 35.4 Å². The summed E-state index contributed by atoms with van der Waals surface area (Å²) in [6, 6.07) is 6.04. The number of likely N-dealkylation sites (N-methyl/N-ethyl adjacent to an activating group) is 1. The summed E-state index contributed by atoms with van der Waals surface area (Å²) in [5, 5.41) is 8.89. The minimum absolute atomic E-state index is 0.00689. The Morgan fingerprint density at radius 3 is 2.52 bits per heavy atom. The van der Waals surface area contributed by atoms with Gasteiger partial charge in [0.25, 0.3) is 0 Å². The van der Waals surface area contributed by atoms with Crippen molar-refractivity contribution in [2.45, 2.75) is 25.9 Å². The van der Waals surface area contributed by atoms with E-state index in [0.29, 0.717) is 24.6 Å². The molecule has 0 bridgehead atoms. The first-order valence-corrected chi connectivity index (χ1v) is 8.54. The number of benzene rings is 1. The zero-order chi connectivity index (χ0) is 17.0. The summed E-state index contributed by atoms with van der Waals surface area (Å²) in [5.74, 6) is 0.112. The molecule has 1 N–H and O–H groups in total. The van der Waals surface area contributed by atoms with Crippen molar-refractivity contribution in [1.29, 1.82) is 0 Å². The first kappa shape index (κ1) is 17.3. The van der Waals surface area contributed by atoms with E-state index in [9.17, 15) is 14.4 Å². The van der Waals surface area contributed by atoms with Gasteiger partial charge in [-0.05, 0) is 17.7 Å². The molecular formula is C16H20N2O4S. The Labute approximate surface area is 139 Å². The highest BCUT2D eigenvalue weighted by Crippen LogP contribution is 2.23. The molecular weight excluding hydrogens is 316 g/mol. The molecule has 7 heteroatoms. The van der Waals surface area contributed by atoms with E-state index in [1.54, 1.807) is 47.7 Å². The van der Waals surface area contributed by atoms with Crippen LogP contribution in [0.1, 0.15) is 29.3 Å². The lowest BCUT2D eigenvalue weighted by atomic mass is 10.1. The van der Waals surface area contributed by atoms with Gasteiger partial charge in [-0.2, -0.15) is 0 Å². The van der Waals surface area contributed by atoms with Gasteiger partial charge in [-0.25, -0.2) is 4.79 Å². The fourth-order valence-electron chi connectivity index (χ4n) is 2.46. The highest BCUT2D eigenvalue weighted by atomic mass is 32.2. The fourth-order valence-corrected chi connectivity index (χ4v) is 3.63. The van der Waals surface area contributed by atoms with Gasteiger partial charge in [-0.3, -0.25) is 9.59 Å². The summed E-state index contributed by atoms with van der Waals surface area (Å²) in [6.07, 6.45) is 0.394. The number of carboxylic acids is 1. The van der Waals surface area contributed by atoms with E-state index in [4.69, 9.17) is 5.11 Å². The minimum atomic E-state index is -0.974. The maximum absolute atomic E-state index is 12.6. The summed E-state index contributed by atoms with van der Waals surface area (Å²) in [6.45, 7) is 2.18. The summed E-state index contributed by atoms with van der Waals surface area (Å²) < 4.78 is 0. The lowest BCUT2D eigenvalue weighted by Gasteiger charge is -2.27. The number of carboxylic acid groups (broad SMARTS) is 1. The van der Waals surface area contributed by atoms with Crippen molar-refractivity contribution < 1.29 is 19.5 Å². The van der Waals surface area contributed by atoms with Crippen LogP contribution >= 0.6 is 11.8 Å². The van der Waals surface area contributed by atoms with Gasteiger partial charge in [0, 0.05) is 25.8 Å². The predicted octanol–water partition coefficient (Wildman–Crippen LogP) is 1.65. The van der Waals surface area contributed by atoms with Crippen molar-refractivity contribution in [1.82, 2.24) is 9.80 Å². The average molecular weight is 336 g/mol. The second kappa shape index (κ2) is 7.50. The Hall–Kier alpha value is -2.02. The fraction of sp³-hybridized carbons (Fsp3) is 0.438. The molecule has 1 atom stereocenters. The van der Waals surface area contributed by atoms with E-state index in [1.165, 1.54) is 12.1 Å². The predicted molar refractivity (Wildman–Crippen MR) is 88.1 cm³/mol. The summed E-state index contributed by atoms with van der Waals surface area (Å²) >= 11 is 1.58. The number of rotatable bonds is 5. The van der Waals surface area contributed by atoms with Crippen LogP contribution in [-0.4, -0.2) is 57.4 Å². The van der Waals surface area contributed by atoms with Crippen LogP contribution in [0.5, 0.6) is 0 Å². The molecule has 23 heavy (non-hydrogen) atoms. The first-order chi connectivity index (χ1) is 10.9. The van der Waals surface area contributed by atoms with Gasteiger partial charge < -0.3 is 14.9 Å². The van der Waals surface area contributed by atoms with E-state index >= 15 is 0 Å². The lowest BCUT2D eigenvalue weighted by molar-refractivity contribution is -0.142. The number of aromatic carboxylic acids is 1. The minimum Gasteiger partial charge on any atom is -0.478 e. The molecule has 0 radical (unpaired) electrons. The van der Waals surface area contributed by atoms with Crippen LogP contribution in [0.4, 0.5) is 0 Å². The first-order valence-electron chi connectivity index (χ1n) is 7.38. The molecule has 1 saturated heterocycles. The van der Waals surface area contributed by atoms with Crippen LogP contribution < -0.4 is 0 Å². The van der Waals surface area contributed by atoms with Crippen LogP contribution in [0.3, 0.4) is 0 Å². The number of hydrogen-bond donors (Lipinski definition) is 1. The second-order valence-electron chi connectivity index (χ2n) is 5.43. The summed E-state index contributed by atoms with van der Waals surface area (Å²) in [7, 11) is 1.70. The van der Waals surface area contributed by atoms with E-state index in [-0.39, 0.29) is 17.4 Å². The van der Waals surface area contributed by atoms with E-state index < -0.39 is 12.0 Å². The molecule has 1 aromatic carbocycles. The number of amides is 2. The largest absolute Gasteiger partial charge is 0.478 e. The second-order valence-corrected chi connectivity index (χ2v) is 6.43. The van der Waals surface area contributed by atoms with Crippen LogP contribution in [0, 0.1) is 0 Å². The highest BCUT2D eigenvalue weighted by Gasteiger charge is 2.35. The molecule has 2 rings (SSSR count). The molecule has 6 nitrogen and oxygen atoms in total. The third-order valence-corrected chi connectivity index (χ3v) is 4.80. The topological polar surface area (TPSA) is 77.9 Å². The number of carbonyl (C=O) groups excluding carboxylic acids is 2. The Kier molecular flexibility index (Phi) is 5.65. The molecule has 0 aliphatic carbocycles. The molecule has 1 aliphatic heterocycles. The van der Waals surface area contributed by atoms with Gasteiger partial charge in [-0.1, -0.05) is 19.1 Å². The van der Waals surface area contributed by atoms with Crippen LogP contribution in [0.15, 0.2) is 24.3 Å². The molecule has 1 aromatic rings. The maximum atomic E-state index is 12.6. The van der Waals surface area contributed by atoms with Gasteiger partial charge in [0.1, 0.15) is 6.04 Å². The monoisotopic (exact) mass is 336 g/mol. The Morgan fingerprint density at radius 1 is 1.30 bits per heavy atom. The molecule has 1 aliphatic rings. The Bertz CT molecular complexity index is 603. The third-order valence-electron chi connectivity index (χ3n) is 3.79. The van der Waals surface area contributed by atoms with Crippen LogP contribution in [-0.2, 0) is 16.1 Å². The van der Waals surface area contributed by atoms with E-state index in [1.807, 2.05) is 0 Å². The van der Waals surface area contributed by atoms with Gasteiger partial charge in [0.15, 0.2) is 0 Å². The van der Waals surface area contributed by atoms with Gasteiger partial charge in [0.2, 0.25) is 11.8 Å². The summed E-state index contributed by atoms with van der Waals surface area (Å²) in [4.78, 5) is 38.5.